The third kappa shape index (κ3) is 3.59. The quantitative estimate of drug-likeness (QED) is 0.854. The minimum absolute atomic E-state index is 0.0133. The fourth-order valence-corrected chi connectivity index (χ4v) is 1.92. The van der Waals surface area contributed by atoms with E-state index in [9.17, 15) is 0 Å². The molecule has 0 saturated heterocycles. The number of rotatable bonds is 5. The molecule has 0 aliphatic rings. The molecule has 2 nitrogen and oxygen atoms in total. The highest BCUT2D eigenvalue weighted by atomic mass is 79.9. The summed E-state index contributed by atoms with van der Waals surface area (Å²) in [7, 11) is 0. The van der Waals surface area contributed by atoms with Crippen LogP contribution in [0.1, 0.15) is 16.0 Å². The third-order valence-corrected chi connectivity index (χ3v) is 3.47. The van der Waals surface area contributed by atoms with Crippen LogP contribution in [0.3, 0.4) is 0 Å². The van der Waals surface area contributed by atoms with Crippen LogP contribution in [0.5, 0.6) is 5.75 Å². The highest BCUT2D eigenvalue weighted by Crippen LogP contribution is 2.24. The molecule has 2 rings (SSSR count). The van der Waals surface area contributed by atoms with Crippen LogP contribution < -0.4 is 4.74 Å². The molecule has 0 fully saturated rings. The molecule has 0 bridgehead atoms. The molecule has 0 spiro atoms. The van der Waals surface area contributed by atoms with Crippen molar-refractivity contribution in [3.8, 4) is 5.75 Å². The van der Waals surface area contributed by atoms with Crippen LogP contribution in [0.25, 0.3) is 0 Å². The maximum absolute atomic E-state index is 9.03. The van der Waals surface area contributed by atoms with Crippen LogP contribution in [-0.4, -0.2) is 11.7 Å². The third-order valence-electron chi connectivity index (χ3n) is 2.65. The Labute approximate surface area is 115 Å². The fraction of sp³-hybridized carbons (Fsp3) is 0.200. The average Bonchev–Trinajstić information content (AvgIpc) is 2.46. The molecule has 2 aromatic carbocycles. The monoisotopic (exact) mass is 306 g/mol. The molecule has 0 amide bonds. The molecule has 0 aliphatic heterocycles. The lowest BCUT2D eigenvalue weighted by Crippen LogP contribution is -1.97. The van der Waals surface area contributed by atoms with Crippen molar-refractivity contribution in [2.24, 2.45) is 0 Å². The van der Waals surface area contributed by atoms with Crippen molar-refractivity contribution in [2.45, 2.75) is 11.4 Å². The molecule has 0 radical (unpaired) electrons. The number of aliphatic hydroxyl groups is 1. The van der Waals surface area contributed by atoms with E-state index in [4.69, 9.17) is 9.84 Å². The maximum atomic E-state index is 9.03. The number of hydrogen-bond donors (Lipinski definition) is 1. The SMILES string of the molecule is OC[C@H](Br)c1ccc(OCc2ccccc2)cc1. The molecule has 0 aromatic heterocycles. The lowest BCUT2D eigenvalue weighted by molar-refractivity contribution is 0.297. The Balaban J connectivity index is 1.94. The second kappa shape index (κ2) is 6.57. The van der Waals surface area contributed by atoms with Crippen molar-refractivity contribution in [3.63, 3.8) is 0 Å². The summed E-state index contributed by atoms with van der Waals surface area (Å²) in [5.74, 6) is 0.834. The first-order chi connectivity index (χ1) is 8.79. The van der Waals surface area contributed by atoms with E-state index in [1.807, 2.05) is 54.6 Å². The van der Waals surface area contributed by atoms with Gasteiger partial charge in [0.25, 0.3) is 0 Å². The number of hydrogen-bond acceptors (Lipinski definition) is 2. The van der Waals surface area contributed by atoms with Gasteiger partial charge in [0.15, 0.2) is 0 Å². The summed E-state index contributed by atoms with van der Waals surface area (Å²) < 4.78 is 5.68. The number of halogens is 1. The molecule has 94 valence electrons. The van der Waals surface area contributed by atoms with Gasteiger partial charge < -0.3 is 9.84 Å². The topological polar surface area (TPSA) is 29.5 Å². The smallest absolute Gasteiger partial charge is 0.119 e. The molecule has 3 heteroatoms. The van der Waals surface area contributed by atoms with Gasteiger partial charge in [-0.15, -0.1) is 0 Å². The minimum Gasteiger partial charge on any atom is -0.489 e. The van der Waals surface area contributed by atoms with E-state index in [-0.39, 0.29) is 11.4 Å². The first-order valence-corrected chi connectivity index (χ1v) is 6.73. The molecule has 0 aliphatic carbocycles. The summed E-state index contributed by atoms with van der Waals surface area (Å²) >= 11 is 3.39. The van der Waals surface area contributed by atoms with Gasteiger partial charge in [-0.2, -0.15) is 0 Å². The second-order valence-corrected chi connectivity index (χ2v) is 5.10. The predicted octanol–water partition coefficient (Wildman–Crippen LogP) is 3.69. The van der Waals surface area contributed by atoms with Gasteiger partial charge in [0, 0.05) is 0 Å². The molecular weight excluding hydrogens is 292 g/mol. The van der Waals surface area contributed by atoms with Crippen molar-refractivity contribution in [2.75, 3.05) is 6.61 Å². The van der Waals surface area contributed by atoms with E-state index < -0.39 is 0 Å². The van der Waals surface area contributed by atoms with E-state index in [1.165, 1.54) is 0 Å². The maximum Gasteiger partial charge on any atom is 0.119 e. The summed E-state index contributed by atoms with van der Waals surface area (Å²) in [5.41, 5.74) is 2.19. The highest BCUT2D eigenvalue weighted by molar-refractivity contribution is 9.09. The molecule has 0 unspecified atom stereocenters. The second-order valence-electron chi connectivity index (χ2n) is 3.99. The molecule has 18 heavy (non-hydrogen) atoms. The summed E-state index contributed by atoms with van der Waals surface area (Å²) in [6.07, 6.45) is 0. The lowest BCUT2D eigenvalue weighted by atomic mass is 10.1. The normalized spacial score (nSPS) is 12.1. The largest absolute Gasteiger partial charge is 0.489 e. The Morgan fingerprint density at radius 1 is 1.00 bits per heavy atom. The lowest BCUT2D eigenvalue weighted by Gasteiger charge is -2.09. The van der Waals surface area contributed by atoms with E-state index in [0.717, 1.165) is 16.9 Å². The summed E-state index contributed by atoms with van der Waals surface area (Å²) in [4.78, 5) is -0.0133. The van der Waals surface area contributed by atoms with Crippen molar-refractivity contribution in [1.82, 2.24) is 0 Å². The van der Waals surface area contributed by atoms with E-state index in [1.54, 1.807) is 0 Å². The Morgan fingerprint density at radius 3 is 2.28 bits per heavy atom. The van der Waals surface area contributed by atoms with Gasteiger partial charge in [0.05, 0.1) is 11.4 Å². The molecule has 2 aromatic rings. The highest BCUT2D eigenvalue weighted by Gasteiger charge is 2.05. The van der Waals surface area contributed by atoms with Gasteiger partial charge in [0.1, 0.15) is 12.4 Å². The van der Waals surface area contributed by atoms with Gasteiger partial charge in [-0.05, 0) is 23.3 Å². The van der Waals surface area contributed by atoms with Crippen LogP contribution in [0, 0.1) is 0 Å². The minimum atomic E-state index is -0.0133. The van der Waals surface area contributed by atoms with Crippen molar-refractivity contribution in [1.29, 1.82) is 0 Å². The zero-order valence-electron chi connectivity index (χ0n) is 9.92. The van der Waals surface area contributed by atoms with Crippen LogP contribution >= 0.6 is 15.9 Å². The van der Waals surface area contributed by atoms with Crippen molar-refractivity contribution < 1.29 is 9.84 Å². The van der Waals surface area contributed by atoms with Gasteiger partial charge in [-0.25, -0.2) is 0 Å². The number of aliphatic hydroxyl groups excluding tert-OH is 1. The molecule has 0 heterocycles. The number of ether oxygens (including phenoxy) is 1. The summed E-state index contributed by atoms with van der Waals surface area (Å²) in [6.45, 7) is 0.655. The Hall–Kier alpha value is -1.32. The molecule has 1 N–H and O–H groups in total. The zero-order chi connectivity index (χ0) is 12.8. The van der Waals surface area contributed by atoms with Crippen LogP contribution in [0.2, 0.25) is 0 Å². The van der Waals surface area contributed by atoms with Gasteiger partial charge >= 0.3 is 0 Å². The van der Waals surface area contributed by atoms with Crippen molar-refractivity contribution >= 4 is 15.9 Å². The van der Waals surface area contributed by atoms with Gasteiger partial charge in [0.2, 0.25) is 0 Å². The number of alkyl halides is 1. The van der Waals surface area contributed by atoms with Crippen LogP contribution in [0.4, 0.5) is 0 Å². The first kappa shape index (κ1) is 13.1. The molecule has 1 atom stereocenters. The first-order valence-electron chi connectivity index (χ1n) is 5.81. The van der Waals surface area contributed by atoms with Crippen LogP contribution in [-0.2, 0) is 6.61 Å². The zero-order valence-corrected chi connectivity index (χ0v) is 11.5. The predicted molar refractivity (Wildman–Crippen MR) is 76.0 cm³/mol. The van der Waals surface area contributed by atoms with E-state index in [0.29, 0.717) is 6.61 Å². The average molecular weight is 307 g/mol. The van der Waals surface area contributed by atoms with Crippen LogP contribution in [0.15, 0.2) is 54.6 Å². The van der Waals surface area contributed by atoms with E-state index in [2.05, 4.69) is 15.9 Å². The summed E-state index contributed by atoms with van der Waals surface area (Å²) in [6, 6.07) is 17.8. The fourth-order valence-electron chi connectivity index (χ4n) is 1.62. The number of benzene rings is 2. The Kier molecular flexibility index (Phi) is 4.79. The Morgan fingerprint density at radius 2 is 1.67 bits per heavy atom. The van der Waals surface area contributed by atoms with Gasteiger partial charge in [-0.3, -0.25) is 0 Å². The Bertz CT molecular complexity index is 468. The van der Waals surface area contributed by atoms with Crippen molar-refractivity contribution in [3.05, 3.63) is 65.7 Å². The molecular formula is C15H15BrO2. The standard InChI is InChI=1S/C15H15BrO2/c16-15(10-17)13-6-8-14(9-7-13)18-11-12-4-2-1-3-5-12/h1-9,15,17H,10-11H2/t15-/m0/s1. The summed E-state index contributed by atoms with van der Waals surface area (Å²) in [5, 5.41) is 9.03. The van der Waals surface area contributed by atoms with Gasteiger partial charge in [-0.1, -0.05) is 58.4 Å². The molecule has 0 saturated carbocycles. The van der Waals surface area contributed by atoms with E-state index >= 15 is 0 Å².